The van der Waals surface area contributed by atoms with Crippen molar-refractivity contribution in [2.45, 2.75) is 50.9 Å². The maximum Gasteiger partial charge on any atom is 0.100 e. The van der Waals surface area contributed by atoms with E-state index in [2.05, 4.69) is 90.8 Å². The molecule has 0 aliphatic carbocycles. The third kappa shape index (κ3) is 3.72. The lowest BCUT2D eigenvalue weighted by atomic mass is 9.97. The molecule has 1 unspecified atom stereocenters. The fourth-order valence-electron chi connectivity index (χ4n) is 4.43. The van der Waals surface area contributed by atoms with Crippen molar-refractivity contribution >= 4 is 21.9 Å². The summed E-state index contributed by atoms with van der Waals surface area (Å²) in [6.45, 7) is 11.8. The molecular weight excluding hydrogens is 376 g/mol. The molecule has 4 rings (SSSR count). The highest BCUT2D eigenvalue weighted by Gasteiger charge is 2.38. The average molecular weight is 407 g/mol. The number of benzene rings is 2. The summed E-state index contributed by atoms with van der Waals surface area (Å²) in [7, 11) is -1.07. The van der Waals surface area contributed by atoms with Crippen LogP contribution in [0.4, 0.5) is 0 Å². The van der Waals surface area contributed by atoms with E-state index in [4.69, 9.17) is 0 Å². The van der Waals surface area contributed by atoms with Gasteiger partial charge in [-0.25, -0.2) is 8.51 Å². The minimum absolute atomic E-state index is 0.0763. The van der Waals surface area contributed by atoms with Crippen LogP contribution < -0.4 is 0 Å². The van der Waals surface area contributed by atoms with Crippen LogP contribution in [0.1, 0.15) is 50.1 Å². The lowest BCUT2D eigenvalue weighted by molar-refractivity contribution is 0.308. The molecule has 0 saturated heterocycles. The number of nitrogens with zero attached hydrogens (tertiary/aromatic N) is 2. The second-order valence-corrected chi connectivity index (χ2v) is 10.9. The predicted octanol–water partition coefficient (Wildman–Crippen LogP) is 5.63. The van der Waals surface area contributed by atoms with Crippen molar-refractivity contribution in [2.24, 2.45) is 0 Å². The van der Waals surface area contributed by atoms with Crippen LogP contribution in [-0.4, -0.2) is 24.4 Å². The third-order valence-corrected chi connectivity index (χ3v) is 7.59. The topological polar surface area (TPSA) is 25.2 Å². The number of hydrogen-bond acceptors (Lipinski definition) is 1. The molecule has 3 aromatic rings. The van der Waals surface area contributed by atoms with Crippen LogP contribution >= 0.6 is 0 Å². The summed E-state index contributed by atoms with van der Waals surface area (Å²) >= 11 is 0. The first-order chi connectivity index (χ1) is 13.9. The maximum atomic E-state index is 13.4. The van der Waals surface area contributed by atoms with Crippen LogP contribution in [0.3, 0.4) is 0 Å². The summed E-state index contributed by atoms with van der Waals surface area (Å²) in [5, 5.41) is 1.33. The van der Waals surface area contributed by atoms with E-state index in [-0.39, 0.29) is 10.8 Å². The largest absolute Gasteiger partial charge is 0.338 e. The second kappa shape index (κ2) is 7.92. The Labute approximate surface area is 176 Å². The molecule has 4 heteroatoms. The van der Waals surface area contributed by atoms with Crippen LogP contribution in [0, 0.1) is 0 Å². The van der Waals surface area contributed by atoms with E-state index in [9.17, 15) is 4.21 Å². The quantitative estimate of drug-likeness (QED) is 0.504. The highest BCUT2D eigenvalue weighted by atomic mass is 32.2. The Morgan fingerprint density at radius 2 is 1.79 bits per heavy atom. The second-order valence-electron chi connectivity index (χ2n) is 8.75. The Morgan fingerprint density at radius 1 is 1.10 bits per heavy atom. The molecule has 0 fully saturated rings. The molecule has 2 atom stereocenters. The van der Waals surface area contributed by atoms with Crippen LogP contribution in [0.15, 0.2) is 67.3 Å². The van der Waals surface area contributed by atoms with Crippen LogP contribution in [0.5, 0.6) is 0 Å². The van der Waals surface area contributed by atoms with Crippen molar-refractivity contribution < 1.29 is 4.21 Å². The van der Waals surface area contributed by atoms with Crippen LogP contribution in [0.25, 0.3) is 10.9 Å². The van der Waals surface area contributed by atoms with Crippen LogP contribution in [-0.2, 0) is 24.0 Å². The van der Waals surface area contributed by atoms with E-state index in [1.165, 1.54) is 27.7 Å². The Morgan fingerprint density at radius 3 is 2.48 bits per heavy atom. The number of hydrogen-bond donors (Lipinski definition) is 0. The minimum Gasteiger partial charge on any atom is -0.338 e. The first kappa shape index (κ1) is 20.1. The fraction of sp³-hybridized carbons (Fsp3) is 0.360. The average Bonchev–Trinajstić information content (AvgIpc) is 3.02. The molecule has 3 nitrogen and oxygen atoms in total. The zero-order valence-electron chi connectivity index (χ0n) is 17.6. The molecule has 0 amide bonds. The van der Waals surface area contributed by atoms with E-state index in [1.54, 1.807) is 0 Å². The summed E-state index contributed by atoms with van der Waals surface area (Å²) in [5.41, 5.74) is 5.26. The van der Waals surface area contributed by atoms with Gasteiger partial charge in [0, 0.05) is 29.7 Å². The number of aromatic nitrogens is 1. The monoisotopic (exact) mass is 406 g/mol. The van der Waals surface area contributed by atoms with E-state index in [0.717, 1.165) is 25.9 Å². The highest BCUT2D eigenvalue weighted by molar-refractivity contribution is 7.84. The van der Waals surface area contributed by atoms with Gasteiger partial charge in [0.2, 0.25) is 0 Å². The Kier molecular flexibility index (Phi) is 5.50. The smallest absolute Gasteiger partial charge is 0.100 e. The van der Waals surface area contributed by atoms with Gasteiger partial charge in [-0.15, -0.1) is 6.58 Å². The van der Waals surface area contributed by atoms with Crippen molar-refractivity contribution in [3.63, 3.8) is 0 Å². The lowest BCUT2D eigenvalue weighted by Gasteiger charge is -2.39. The van der Waals surface area contributed by atoms with Gasteiger partial charge in [-0.2, -0.15) is 0 Å². The molecule has 0 radical (unpaired) electrons. The summed E-state index contributed by atoms with van der Waals surface area (Å²) in [6, 6.07) is 19.4. The van der Waals surface area contributed by atoms with Gasteiger partial charge >= 0.3 is 0 Å². The van der Waals surface area contributed by atoms with Gasteiger partial charge in [0.1, 0.15) is 11.0 Å². The molecule has 1 aromatic heterocycles. The van der Waals surface area contributed by atoms with Gasteiger partial charge in [0.05, 0.1) is 10.8 Å². The van der Waals surface area contributed by atoms with Gasteiger partial charge in [-0.3, -0.25) is 0 Å². The lowest BCUT2D eigenvalue weighted by Crippen LogP contribution is -2.44. The number of para-hydroxylation sites is 1. The zero-order chi connectivity index (χ0) is 20.6. The molecule has 152 valence electrons. The van der Waals surface area contributed by atoms with Gasteiger partial charge in [0.25, 0.3) is 0 Å². The molecule has 1 aliphatic heterocycles. The van der Waals surface area contributed by atoms with Crippen molar-refractivity contribution in [3.8, 4) is 0 Å². The molecule has 1 aliphatic rings. The molecule has 2 heterocycles. The normalized spacial score (nSPS) is 18.5. The minimum atomic E-state index is -1.07. The SMILES string of the molecule is C=CC[C@H]1c2c(c3ccccc3n2Cc2ccccc2)CCN1S(=O)C(C)(C)C. The maximum absolute atomic E-state index is 13.4. The van der Waals surface area contributed by atoms with Crippen molar-refractivity contribution in [1.29, 1.82) is 0 Å². The van der Waals surface area contributed by atoms with Crippen molar-refractivity contribution in [2.75, 3.05) is 6.54 Å². The van der Waals surface area contributed by atoms with E-state index >= 15 is 0 Å². The predicted molar refractivity (Wildman–Crippen MR) is 123 cm³/mol. The summed E-state index contributed by atoms with van der Waals surface area (Å²) in [6.07, 6.45) is 3.68. The zero-order valence-corrected chi connectivity index (χ0v) is 18.4. The van der Waals surface area contributed by atoms with Gasteiger partial charge in [-0.05, 0) is 50.8 Å². The summed E-state index contributed by atoms with van der Waals surface area (Å²) < 4.78 is 17.8. The van der Waals surface area contributed by atoms with E-state index in [0.29, 0.717) is 0 Å². The number of fused-ring (bicyclic) bond motifs is 3. The molecular formula is C25H30N2OS. The molecule has 2 aromatic carbocycles. The standard InChI is InChI=1S/C25H30N2OS/c1-5-11-23-24-21(16-17-27(23)29(28)25(2,3)4)20-14-9-10-15-22(20)26(24)18-19-12-7-6-8-13-19/h5-10,12-15,23H,1,11,16-18H2,2-4H3/t23-,29?/m0/s1. The molecule has 0 spiro atoms. The molecule has 0 bridgehead atoms. The van der Waals surface area contributed by atoms with Gasteiger partial charge in [-0.1, -0.05) is 54.6 Å². The highest BCUT2D eigenvalue weighted by Crippen LogP contribution is 2.41. The van der Waals surface area contributed by atoms with Crippen molar-refractivity contribution in [1.82, 2.24) is 8.87 Å². The van der Waals surface area contributed by atoms with E-state index < -0.39 is 11.0 Å². The van der Waals surface area contributed by atoms with E-state index in [1.807, 2.05) is 6.08 Å². The molecule has 0 N–H and O–H groups in total. The number of rotatable bonds is 5. The summed E-state index contributed by atoms with van der Waals surface area (Å²) in [4.78, 5) is 0. The van der Waals surface area contributed by atoms with Crippen molar-refractivity contribution in [3.05, 3.63) is 84.1 Å². The summed E-state index contributed by atoms with van der Waals surface area (Å²) in [5.74, 6) is 0. The first-order valence-corrected chi connectivity index (χ1v) is 11.5. The van der Waals surface area contributed by atoms with Gasteiger partial charge < -0.3 is 4.57 Å². The Balaban J connectivity index is 1.90. The van der Waals surface area contributed by atoms with Crippen LogP contribution in [0.2, 0.25) is 0 Å². The van der Waals surface area contributed by atoms with Gasteiger partial charge in [0.15, 0.2) is 0 Å². The third-order valence-electron chi connectivity index (χ3n) is 5.68. The Hall–Kier alpha value is -2.17. The fourth-order valence-corrected chi connectivity index (χ4v) is 5.80. The Bertz CT molecular complexity index is 1050. The first-order valence-electron chi connectivity index (χ1n) is 10.3. The molecule has 0 saturated carbocycles. The molecule has 29 heavy (non-hydrogen) atoms.